The van der Waals surface area contributed by atoms with Crippen LogP contribution in [-0.4, -0.2) is 78.5 Å². The highest BCUT2D eigenvalue weighted by atomic mass is 16.6. The second kappa shape index (κ2) is 6.72. The average Bonchev–Trinajstić information content (AvgIpc) is 3.49. The fraction of sp³-hybridized carbons (Fsp3) is 0.850. The number of amides is 1. The highest BCUT2D eigenvalue weighted by Gasteiger charge is 2.72. The summed E-state index contributed by atoms with van der Waals surface area (Å²) in [5.41, 5.74) is -0.605. The van der Waals surface area contributed by atoms with Gasteiger partial charge in [0, 0.05) is 7.11 Å². The molecule has 0 bridgehead atoms. The highest BCUT2D eigenvalue weighted by Crippen LogP contribution is 2.59. The molecule has 1 saturated carbocycles. The third kappa shape index (κ3) is 3.39. The van der Waals surface area contributed by atoms with Crippen LogP contribution in [0.25, 0.3) is 0 Å². The van der Waals surface area contributed by atoms with Gasteiger partial charge in [-0.05, 0) is 25.7 Å². The van der Waals surface area contributed by atoms with Crippen LogP contribution in [0.3, 0.4) is 0 Å². The van der Waals surface area contributed by atoms with Crippen LogP contribution in [0.15, 0.2) is 12.2 Å². The molecule has 4 fully saturated rings. The summed E-state index contributed by atoms with van der Waals surface area (Å²) < 4.78 is 23.7. The Morgan fingerprint density at radius 2 is 2.07 bits per heavy atom. The van der Waals surface area contributed by atoms with Crippen molar-refractivity contribution >= 4 is 6.09 Å². The van der Waals surface area contributed by atoms with Gasteiger partial charge in [-0.3, -0.25) is 0 Å². The van der Waals surface area contributed by atoms with Gasteiger partial charge in [-0.15, -0.1) is 0 Å². The molecule has 4 rings (SSSR count). The lowest BCUT2D eigenvalue weighted by Gasteiger charge is -2.44. The number of hydrogen-bond acceptors (Lipinski definition) is 6. The number of β-amino-alcohol motifs (C(OH)–C–C–N with tert-alkyl or cyclic N) is 1. The topological polar surface area (TPSA) is 84.1 Å². The highest BCUT2D eigenvalue weighted by molar-refractivity contribution is 5.69. The van der Waals surface area contributed by atoms with Crippen molar-refractivity contribution in [3.05, 3.63) is 12.2 Å². The predicted molar refractivity (Wildman–Crippen MR) is 97.3 cm³/mol. The molecule has 152 valence electrons. The van der Waals surface area contributed by atoms with Crippen molar-refractivity contribution in [2.45, 2.75) is 69.2 Å². The Labute approximate surface area is 160 Å². The van der Waals surface area contributed by atoms with Gasteiger partial charge >= 0.3 is 6.09 Å². The Kier molecular flexibility index (Phi) is 4.78. The van der Waals surface area contributed by atoms with Gasteiger partial charge in [0.15, 0.2) is 0 Å². The fourth-order valence-corrected chi connectivity index (χ4v) is 4.75. The summed E-state index contributed by atoms with van der Waals surface area (Å²) >= 11 is 0. The first-order chi connectivity index (χ1) is 12.8. The van der Waals surface area contributed by atoms with Crippen molar-refractivity contribution in [3.8, 4) is 0 Å². The molecule has 0 aromatic carbocycles. The third-order valence-corrected chi connectivity index (χ3v) is 6.45. The van der Waals surface area contributed by atoms with Crippen LogP contribution in [-0.2, 0) is 18.9 Å². The number of methoxy groups -OCH3 is 1. The Morgan fingerprint density at radius 3 is 2.63 bits per heavy atom. The summed E-state index contributed by atoms with van der Waals surface area (Å²) in [7, 11) is 1.66. The SMILES string of the molecule is COC1C(OC(=O)N2CC(O)C2)CCC2(CO2)C1C1(C)OC1C=CC(C)C. The normalized spacial score (nSPS) is 44.0. The molecular formula is C20H31NO6. The fourth-order valence-electron chi connectivity index (χ4n) is 4.75. The van der Waals surface area contributed by atoms with Crippen LogP contribution in [0.2, 0.25) is 0 Å². The van der Waals surface area contributed by atoms with E-state index in [0.717, 1.165) is 6.42 Å². The van der Waals surface area contributed by atoms with E-state index in [1.165, 1.54) is 4.90 Å². The molecule has 0 aromatic rings. The van der Waals surface area contributed by atoms with E-state index in [0.29, 0.717) is 32.0 Å². The monoisotopic (exact) mass is 381 g/mol. The Balaban J connectivity index is 1.48. The van der Waals surface area contributed by atoms with Crippen LogP contribution in [0.4, 0.5) is 4.79 Å². The number of likely N-dealkylation sites (tertiary alicyclic amines) is 1. The average molecular weight is 381 g/mol. The van der Waals surface area contributed by atoms with Crippen molar-refractivity contribution in [2.75, 3.05) is 26.8 Å². The number of ether oxygens (including phenoxy) is 4. The summed E-state index contributed by atoms with van der Waals surface area (Å²) in [6, 6.07) is 0. The van der Waals surface area contributed by atoms with Crippen LogP contribution in [0, 0.1) is 11.8 Å². The minimum atomic E-state index is -0.440. The maximum atomic E-state index is 12.4. The first-order valence-corrected chi connectivity index (χ1v) is 9.95. The first-order valence-electron chi connectivity index (χ1n) is 9.95. The number of carbonyl (C=O) groups excluding carboxylic acids is 1. The number of aliphatic hydroxyl groups excluding tert-OH is 1. The standard InChI is InChI=1S/C20H31NO6/c1-12(2)5-6-15-19(3,27-15)17-16(24-4)14(7-8-20(17)11-25-20)26-18(23)21-9-13(22)10-21/h5-6,12-17,22H,7-11H2,1-4H3. The van der Waals surface area contributed by atoms with E-state index in [-0.39, 0.29) is 41.5 Å². The summed E-state index contributed by atoms with van der Waals surface area (Å²) in [4.78, 5) is 13.9. The number of allylic oxidation sites excluding steroid dienone is 1. The summed E-state index contributed by atoms with van der Waals surface area (Å²) in [5.74, 6) is 0.472. The molecule has 7 heteroatoms. The van der Waals surface area contributed by atoms with Gasteiger partial charge in [-0.25, -0.2) is 4.79 Å². The first kappa shape index (κ1) is 19.2. The molecule has 1 aliphatic carbocycles. The molecule has 3 aliphatic heterocycles. The van der Waals surface area contributed by atoms with Crippen LogP contribution in [0.5, 0.6) is 0 Å². The zero-order valence-electron chi connectivity index (χ0n) is 16.6. The summed E-state index contributed by atoms with van der Waals surface area (Å²) in [6.07, 6.45) is 4.43. The van der Waals surface area contributed by atoms with Crippen molar-refractivity contribution in [2.24, 2.45) is 11.8 Å². The number of epoxide rings is 2. The van der Waals surface area contributed by atoms with Crippen molar-refractivity contribution in [3.63, 3.8) is 0 Å². The zero-order chi connectivity index (χ0) is 19.4. The lowest BCUT2D eigenvalue weighted by molar-refractivity contribution is -0.126. The summed E-state index contributed by atoms with van der Waals surface area (Å²) in [6.45, 7) is 7.77. The van der Waals surface area contributed by atoms with E-state index in [4.69, 9.17) is 18.9 Å². The Morgan fingerprint density at radius 1 is 1.37 bits per heavy atom. The van der Waals surface area contributed by atoms with Crippen molar-refractivity contribution in [1.82, 2.24) is 4.90 Å². The van der Waals surface area contributed by atoms with Crippen LogP contribution < -0.4 is 0 Å². The number of carbonyl (C=O) groups is 1. The van der Waals surface area contributed by atoms with Gasteiger partial charge in [-0.1, -0.05) is 26.0 Å². The molecule has 27 heavy (non-hydrogen) atoms. The minimum Gasteiger partial charge on any atom is -0.443 e. The largest absolute Gasteiger partial charge is 0.443 e. The summed E-state index contributed by atoms with van der Waals surface area (Å²) in [5, 5.41) is 9.41. The quantitative estimate of drug-likeness (QED) is 0.577. The molecule has 6 unspecified atom stereocenters. The van der Waals surface area contributed by atoms with E-state index >= 15 is 0 Å². The predicted octanol–water partition coefficient (Wildman–Crippen LogP) is 1.73. The van der Waals surface area contributed by atoms with Gasteiger partial charge in [0.2, 0.25) is 0 Å². The smallest absolute Gasteiger partial charge is 0.410 e. The molecule has 1 spiro atoms. The lowest BCUT2D eigenvalue weighted by Crippen LogP contribution is -2.58. The zero-order valence-corrected chi connectivity index (χ0v) is 16.6. The van der Waals surface area contributed by atoms with Crippen LogP contribution in [0.1, 0.15) is 33.6 Å². The molecular weight excluding hydrogens is 350 g/mol. The lowest BCUT2D eigenvalue weighted by atomic mass is 9.68. The molecule has 0 aromatic heterocycles. The van der Waals surface area contributed by atoms with E-state index in [2.05, 4.69) is 32.9 Å². The third-order valence-electron chi connectivity index (χ3n) is 6.45. The minimum absolute atomic E-state index is 0.00495. The number of rotatable bonds is 5. The Hall–Kier alpha value is -1.15. The van der Waals surface area contributed by atoms with E-state index in [1.54, 1.807) is 7.11 Å². The molecule has 3 heterocycles. The Bertz CT molecular complexity index is 612. The molecule has 6 atom stereocenters. The number of hydrogen-bond donors (Lipinski definition) is 1. The number of nitrogens with zero attached hydrogens (tertiary/aromatic N) is 1. The van der Waals surface area contributed by atoms with E-state index in [1.807, 2.05) is 0 Å². The molecule has 7 nitrogen and oxygen atoms in total. The molecule has 3 saturated heterocycles. The maximum Gasteiger partial charge on any atom is 0.410 e. The second-order valence-electron chi connectivity index (χ2n) is 8.90. The van der Waals surface area contributed by atoms with E-state index < -0.39 is 6.10 Å². The molecule has 1 N–H and O–H groups in total. The van der Waals surface area contributed by atoms with Crippen molar-refractivity contribution < 1.29 is 28.8 Å². The van der Waals surface area contributed by atoms with Gasteiger partial charge in [0.25, 0.3) is 0 Å². The van der Waals surface area contributed by atoms with Crippen LogP contribution >= 0.6 is 0 Å². The van der Waals surface area contributed by atoms with Gasteiger partial charge in [0.1, 0.15) is 29.5 Å². The second-order valence-corrected chi connectivity index (χ2v) is 8.90. The molecule has 1 amide bonds. The van der Waals surface area contributed by atoms with Gasteiger partial charge in [0.05, 0.1) is 31.7 Å². The number of aliphatic hydroxyl groups is 1. The molecule has 0 radical (unpaired) electrons. The maximum absolute atomic E-state index is 12.4. The van der Waals surface area contributed by atoms with Crippen molar-refractivity contribution in [1.29, 1.82) is 0 Å². The molecule has 4 aliphatic rings. The van der Waals surface area contributed by atoms with Gasteiger partial charge in [-0.2, -0.15) is 0 Å². The van der Waals surface area contributed by atoms with E-state index in [9.17, 15) is 9.90 Å². The van der Waals surface area contributed by atoms with Gasteiger partial charge < -0.3 is 29.0 Å².